The Bertz CT molecular complexity index is 201. The van der Waals surface area contributed by atoms with Crippen molar-refractivity contribution in [1.82, 2.24) is 0 Å². The number of hydrogen-bond acceptors (Lipinski definition) is 2. The molecule has 2 heteroatoms. The third kappa shape index (κ3) is 2.96. The van der Waals surface area contributed by atoms with Gasteiger partial charge in [-0.05, 0) is 37.5 Å². The third-order valence-corrected chi connectivity index (χ3v) is 3.49. The Morgan fingerprint density at radius 2 is 2.00 bits per heavy atom. The molecule has 0 radical (unpaired) electrons. The largest absolute Gasteiger partial charge is 0.465 e. The summed E-state index contributed by atoms with van der Waals surface area (Å²) in [5, 5.41) is 0. The number of fused-ring (bicyclic) bond motifs is 2. The Labute approximate surface area is 93.4 Å². The maximum Gasteiger partial charge on any atom is 0.309 e. The maximum atomic E-state index is 11.6. The summed E-state index contributed by atoms with van der Waals surface area (Å²) in [6, 6.07) is 0. The lowest BCUT2D eigenvalue weighted by molar-refractivity contribution is -0.150. The van der Waals surface area contributed by atoms with E-state index in [-0.39, 0.29) is 11.9 Å². The predicted molar refractivity (Wildman–Crippen MR) is 61.5 cm³/mol. The molecule has 0 heterocycles. The molecule has 0 aromatic carbocycles. The lowest BCUT2D eigenvalue weighted by Crippen LogP contribution is -2.23. The van der Waals surface area contributed by atoms with E-state index in [2.05, 4.69) is 0 Å². The van der Waals surface area contributed by atoms with Crippen molar-refractivity contribution in [2.24, 2.45) is 17.8 Å². The van der Waals surface area contributed by atoms with Gasteiger partial charge in [0.05, 0.1) is 12.5 Å². The highest BCUT2D eigenvalue weighted by molar-refractivity contribution is 5.73. The van der Waals surface area contributed by atoms with Crippen LogP contribution in [0.15, 0.2) is 0 Å². The van der Waals surface area contributed by atoms with Crippen molar-refractivity contribution in [2.45, 2.75) is 52.9 Å². The average molecular weight is 212 g/mol. The van der Waals surface area contributed by atoms with Gasteiger partial charge in [0.1, 0.15) is 0 Å². The van der Waals surface area contributed by atoms with Gasteiger partial charge in [0, 0.05) is 0 Å². The van der Waals surface area contributed by atoms with Crippen LogP contribution in [0.4, 0.5) is 0 Å². The summed E-state index contributed by atoms with van der Waals surface area (Å²) in [5.41, 5.74) is 0. The molecule has 2 nitrogen and oxygen atoms in total. The fraction of sp³-hybridized carbons (Fsp3) is 0.923. The van der Waals surface area contributed by atoms with Crippen LogP contribution < -0.4 is 0 Å². The standard InChI is InChI=1S/C11H18O2.C2H6/c1-2-5-13-11(12)10-7-8-3-4-9(10)6-8;1-2/h8-10H,2-7H2,1H3;1-2H3. The summed E-state index contributed by atoms with van der Waals surface area (Å²) in [6.45, 7) is 6.64. The first-order valence-corrected chi connectivity index (χ1v) is 6.48. The molecule has 0 aromatic heterocycles. The Balaban J connectivity index is 0.000000531. The van der Waals surface area contributed by atoms with Crippen LogP contribution in [-0.2, 0) is 9.53 Å². The molecule has 0 amide bonds. The van der Waals surface area contributed by atoms with E-state index >= 15 is 0 Å². The number of carbonyl (C=O) groups is 1. The Kier molecular flexibility index (Phi) is 5.13. The molecule has 0 aromatic rings. The fourth-order valence-electron chi connectivity index (χ4n) is 2.84. The molecule has 2 aliphatic rings. The molecule has 2 saturated carbocycles. The first-order valence-electron chi connectivity index (χ1n) is 6.48. The van der Waals surface area contributed by atoms with Gasteiger partial charge in [-0.2, -0.15) is 0 Å². The third-order valence-electron chi connectivity index (χ3n) is 3.49. The molecular weight excluding hydrogens is 188 g/mol. The minimum Gasteiger partial charge on any atom is -0.465 e. The molecule has 3 atom stereocenters. The SMILES string of the molecule is CC.CCCOC(=O)C1CC2CCC1C2. The summed E-state index contributed by atoms with van der Waals surface area (Å²) < 4.78 is 5.19. The zero-order valence-corrected chi connectivity index (χ0v) is 10.3. The molecule has 2 aliphatic carbocycles. The van der Waals surface area contributed by atoms with Crippen LogP contribution in [0.25, 0.3) is 0 Å². The second-order valence-corrected chi connectivity index (χ2v) is 4.45. The highest BCUT2D eigenvalue weighted by Crippen LogP contribution is 2.48. The topological polar surface area (TPSA) is 26.3 Å². The van der Waals surface area contributed by atoms with Crippen LogP contribution in [0.2, 0.25) is 0 Å². The first kappa shape index (κ1) is 12.5. The van der Waals surface area contributed by atoms with Crippen LogP contribution in [-0.4, -0.2) is 12.6 Å². The zero-order valence-electron chi connectivity index (χ0n) is 10.3. The van der Waals surface area contributed by atoms with Crippen molar-refractivity contribution in [3.05, 3.63) is 0 Å². The first-order chi connectivity index (χ1) is 7.31. The summed E-state index contributed by atoms with van der Waals surface area (Å²) in [5.74, 6) is 1.83. The molecule has 3 unspecified atom stereocenters. The van der Waals surface area contributed by atoms with Gasteiger partial charge < -0.3 is 4.74 Å². The van der Waals surface area contributed by atoms with Gasteiger partial charge in [-0.15, -0.1) is 0 Å². The van der Waals surface area contributed by atoms with E-state index < -0.39 is 0 Å². The monoisotopic (exact) mass is 212 g/mol. The van der Waals surface area contributed by atoms with Crippen molar-refractivity contribution in [3.63, 3.8) is 0 Å². The van der Waals surface area contributed by atoms with Gasteiger partial charge in [-0.1, -0.05) is 27.2 Å². The van der Waals surface area contributed by atoms with Gasteiger partial charge in [0.2, 0.25) is 0 Å². The lowest BCUT2D eigenvalue weighted by Gasteiger charge is -2.19. The van der Waals surface area contributed by atoms with Gasteiger partial charge in [-0.25, -0.2) is 0 Å². The van der Waals surface area contributed by atoms with Gasteiger partial charge in [-0.3, -0.25) is 4.79 Å². The molecule has 88 valence electrons. The number of ether oxygens (including phenoxy) is 1. The van der Waals surface area contributed by atoms with E-state index in [0.29, 0.717) is 12.5 Å². The molecule has 2 fully saturated rings. The maximum absolute atomic E-state index is 11.6. The zero-order chi connectivity index (χ0) is 11.3. The van der Waals surface area contributed by atoms with E-state index in [9.17, 15) is 4.79 Å². The molecule has 0 saturated heterocycles. The second-order valence-electron chi connectivity index (χ2n) is 4.45. The van der Waals surface area contributed by atoms with Crippen molar-refractivity contribution < 1.29 is 9.53 Å². The molecule has 0 spiro atoms. The van der Waals surface area contributed by atoms with Gasteiger partial charge in [0.25, 0.3) is 0 Å². The molecule has 0 N–H and O–H groups in total. The van der Waals surface area contributed by atoms with Crippen molar-refractivity contribution in [2.75, 3.05) is 6.61 Å². The van der Waals surface area contributed by atoms with Gasteiger partial charge >= 0.3 is 5.97 Å². The summed E-state index contributed by atoms with van der Waals surface area (Å²) in [7, 11) is 0. The molecule has 0 aliphatic heterocycles. The second kappa shape index (κ2) is 6.14. The summed E-state index contributed by atoms with van der Waals surface area (Å²) in [4.78, 5) is 11.6. The van der Waals surface area contributed by atoms with E-state index in [4.69, 9.17) is 4.74 Å². The minimum absolute atomic E-state index is 0.0778. The number of rotatable bonds is 3. The van der Waals surface area contributed by atoms with E-state index in [1.807, 2.05) is 20.8 Å². The normalized spacial score (nSPS) is 32.1. The molecule has 2 bridgehead atoms. The summed E-state index contributed by atoms with van der Waals surface area (Å²) >= 11 is 0. The van der Waals surface area contributed by atoms with E-state index in [0.717, 1.165) is 18.8 Å². The number of hydrogen-bond donors (Lipinski definition) is 0. The molecule has 2 rings (SSSR count). The van der Waals surface area contributed by atoms with Crippen LogP contribution in [0.3, 0.4) is 0 Å². The number of carbonyl (C=O) groups excluding carboxylic acids is 1. The highest BCUT2D eigenvalue weighted by Gasteiger charge is 2.43. The van der Waals surface area contributed by atoms with Gasteiger partial charge in [0.15, 0.2) is 0 Å². The van der Waals surface area contributed by atoms with Crippen LogP contribution in [0.1, 0.15) is 52.9 Å². The van der Waals surface area contributed by atoms with Crippen LogP contribution in [0.5, 0.6) is 0 Å². The quantitative estimate of drug-likeness (QED) is 0.670. The smallest absolute Gasteiger partial charge is 0.309 e. The minimum atomic E-state index is 0.0778. The Morgan fingerprint density at radius 3 is 2.47 bits per heavy atom. The summed E-state index contributed by atoms with van der Waals surface area (Å²) in [6.07, 6.45) is 5.93. The van der Waals surface area contributed by atoms with E-state index in [1.54, 1.807) is 0 Å². The molecule has 15 heavy (non-hydrogen) atoms. The van der Waals surface area contributed by atoms with Crippen molar-refractivity contribution in [1.29, 1.82) is 0 Å². The molecular formula is C13H24O2. The Hall–Kier alpha value is -0.530. The fourth-order valence-corrected chi connectivity index (χ4v) is 2.84. The van der Waals surface area contributed by atoms with Crippen molar-refractivity contribution >= 4 is 5.97 Å². The number of esters is 1. The van der Waals surface area contributed by atoms with Crippen LogP contribution in [0, 0.1) is 17.8 Å². The predicted octanol–water partition coefficient (Wildman–Crippen LogP) is 3.40. The van der Waals surface area contributed by atoms with E-state index in [1.165, 1.54) is 19.3 Å². The Morgan fingerprint density at radius 1 is 1.27 bits per heavy atom. The van der Waals surface area contributed by atoms with Crippen molar-refractivity contribution in [3.8, 4) is 0 Å². The van der Waals surface area contributed by atoms with Crippen LogP contribution >= 0.6 is 0 Å². The lowest BCUT2D eigenvalue weighted by atomic mass is 9.89. The highest BCUT2D eigenvalue weighted by atomic mass is 16.5. The average Bonchev–Trinajstić information content (AvgIpc) is 2.90.